The molecule has 0 aromatic carbocycles. The lowest BCUT2D eigenvalue weighted by Crippen LogP contribution is -2.22. The minimum atomic E-state index is -0.959. The molecule has 0 aliphatic carbocycles. The second kappa shape index (κ2) is 16.8. The van der Waals surface area contributed by atoms with Crippen LogP contribution >= 0.6 is 0 Å². The summed E-state index contributed by atoms with van der Waals surface area (Å²) in [5.74, 6) is 8.96. The van der Waals surface area contributed by atoms with Crippen molar-refractivity contribution < 1.29 is 10.2 Å². The van der Waals surface area contributed by atoms with Gasteiger partial charge in [-0.25, -0.2) is 0 Å². The van der Waals surface area contributed by atoms with E-state index in [9.17, 15) is 10.2 Å². The maximum absolute atomic E-state index is 10.6. The van der Waals surface area contributed by atoms with Gasteiger partial charge in [0.05, 0.1) is 5.60 Å². The predicted molar refractivity (Wildman–Crippen MR) is 142 cm³/mol. The lowest BCUT2D eigenvalue weighted by atomic mass is 9.91. The third-order valence-electron chi connectivity index (χ3n) is 6.56. The molecule has 0 aromatic rings. The second-order valence-corrected chi connectivity index (χ2v) is 11.9. The molecule has 0 rings (SSSR count). The normalized spacial score (nSPS) is 17.8. The molecule has 4 atom stereocenters. The average molecular weight is 449 g/mol. The lowest BCUT2D eigenvalue weighted by Gasteiger charge is -2.20. The average Bonchev–Trinajstić information content (AvgIpc) is 2.64. The summed E-state index contributed by atoms with van der Waals surface area (Å²) in [5.41, 5.74) is -1.79. The molecule has 4 unspecified atom stereocenters. The van der Waals surface area contributed by atoms with Gasteiger partial charge in [0.1, 0.15) is 5.60 Å². The molecule has 0 saturated heterocycles. The lowest BCUT2D eigenvalue weighted by molar-refractivity contribution is 0.0969. The van der Waals surface area contributed by atoms with Crippen LogP contribution in [0.1, 0.15) is 132 Å². The van der Waals surface area contributed by atoms with Gasteiger partial charge in [-0.15, -0.1) is 0 Å². The second-order valence-electron chi connectivity index (χ2n) is 11.9. The Morgan fingerprint density at radius 3 is 1.56 bits per heavy atom. The van der Waals surface area contributed by atoms with Gasteiger partial charge in [0, 0.05) is 0 Å². The van der Waals surface area contributed by atoms with E-state index in [1.54, 1.807) is 19.1 Å². The molecule has 0 aliphatic rings. The molecule has 0 fully saturated rings. The fourth-order valence-electron chi connectivity index (χ4n) is 4.21. The van der Waals surface area contributed by atoms with E-state index in [4.69, 9.17) is 0 Å². The van der Waals surface area contributed by atoms with Gasteiger partial charge in [0.2, 0.25) is 0 Å². The summed E-state index contributed by atoms with van der Waals surface area (Å²) in [4.78, 5) is 0. The van der Waals surface area contributed by atoms with Crippen LogP contribution in [0.3, 0.4) is 0 Å². The van der Waals surface area contributed by atoms with Crippen LogP contribution in [0.4, 0.5) is 0 Å². The SMILES string of the molecule is CC(C)CCCC(C)CCCC(C)(O)C#CC=CC(C)(O)CCCC(C)CCCC(C)C. The Labute approximate surface area is 201 Å². The van der Waals surface area contributed by atoms with E-state index in [1.807, 2.05) is 6.92 Å². The number of hydrogen-bond acceptors (Lipinski definition) is 2. The summed E-state index contributed by atoms with van der Waals surface area (Å²) in [6.45, 7) is 17.4. The van der Waals surface area contributed by atoms with Crippen LogP contribution in [-0.4, -0.2) is 21.4 Å². The van der Waals surface area contributed by atoms with E-state index in [0.29, 0.717) is 12.3 Å². The van der Waals surface area contributed by atoms with Gasteiger partial charge in [-0.2, -0.15) is 0 Å². The van der Waals surface area contributed by atoms with Gasteiger partial charge in [-0.1, -0.05) is 111 Å². The molecule has 2 N–H and O–H groups in total. The Kier molecular flexibility index (Phi) is 16.4. The van der Waals surface area contributed by atoms with Gasteiger partial charge >= 0.3 is 0 Å². The Bertz CT molecular complexity index is 545. The van der Waals surface area contributed by atoms with Gasteiger partial charge in [0.15, 0.2) is 0 Å². The fraction of sp³-hybridized carbons (Fsp3) is 0.867. The maximum atomic E-state index is 10.6. The topological polar surface area (TPSA) is 40.5 Å². The molecule has 0 amide bonds. The molecule has 2 nitrogen and oxygen atoms in total. The highest BCUT2D eigenvalue weighted by Crippen LogP contribution is 2.22. The first-order chi connectivity index (χ1) is 14.8. The smallest absolute Gasteiger partial charge is 0.123 e. The van der Waals surface area contributed by atoms with E-state index >= 15 is 0 Å². The van der Waals surface area contributed by atoms with Crippen LogP contribution < -0.4 is 0 Å². The van der Waals surface area contributed by atoms with E-state index in [2.05, 4.69) is 53.4 Å². The Morgan fingerprint density at radius 2 is 1.09 bits per heavy atom. The number of hydrogen-bond donors (Lipinski definition) is 2. The van der Waals surface area contributed by atoms with E-state index in [1.165, 1.54) is 44.9 Å². The summed E-state index contributed by atoms with van der Waals surface area (Å²) in [5, 5.41) is 21.1. The highest BCUT2D eigenvalue weighted by Gasteiger charge is 2.18. The predicted octanol–water partition coefficient (Wildman–Crippen LogP) is 8.31. The third kappa shape index (κ3) is 19.9. The molecule has 0 bridgehead atoms. The maximum Gasteiger partial charge on any atom is 0.123 e. The largest absolute Gasteiger partial charge is 0.386 e. The first-order valence-electron chi connectivity index (χ1n) is 13.5. The zero-order valence-electron chi connectivity index (χ0n) is 22.8. The van der Waals surface area contributed by atoms with Gasteiger partial charge in [-0.3, -0.25) is 0 Å². The van der Waals surface area contributed by atoms with Crippen LogP contribution in [0.25, 0.3) is 0 Å². The van der Waals surface area contributed by atoms with Crippen LogP contribution in [-0.2, 0) is 0 Å². The fourth-order valence-corrected chi connectivity index (χ4v) is 4.21. The third-order valence-corrected chi connectivity index (χ3v) is 6.56. The standard InChI is InChI=1S/C30H56O2/c1-25(2)15-11-17-27(5)19-13-23-29(7,31)21-9-10-22-30(8,32)24-14-20-28(6)18-12-16-26(3)4/h9,21,25-28,31-32H,11-20,23-24H2,1-8H3. The van der Waals surface area contributed by atoms with Crippen molar-refractivity contribution in [3.8, 4) is 11.8 Å². The highest BCUT2D eigenvalue weighted by atomic mass is 16.3. The van der Waals surface area contributed by atoms with Crippen molar-refractivity contribution in [1.82, 2.24) is 0 Å². The molecule has 188 valence electrons. The number of rotatable bonds is 17. The summed E-state index contributed by atoms with van der Waals surface area (Å²) >= 11 is 0. The van der Waals surface area contributed by atoms with Gasteiger partial charge in [-0.05, 0) is 68.9 Å². The summed E-state index contributed by atoms with van der Waals surface area (Å²) < 4.78 is 0. The van der Waals surface area contributed by atoms with Gasteiger partial charge < -0.3 is 10.2 Å². The molecule has 0 heterocycles. The van der Waals surface area contributed by atoms with Gasteiger partial charge in [0.25, 0.3) is 0 Å². The first-order valence-corrected chi connectivity index (χ1v) is 13.5. The Morgan fingerprint density at radius 1 is 0.656 bits per heavy atom. The van der Waals surface area contributed by atoms with Crippen molar-refractivity contribution in [3.63, 3.8) is 0 Å². The van der Waals surface area contributed by atoms with Crippen LogP contribution in [0.5, 0.6) is 0 Å². The molecule has 0 aliphatic heterocycles. The van der Waals surface area contributed by atoms with Crippen molar-refractivity contribution in [3.05, 3.63) is 12.2 Å². The summed E-state index contributed by atoms with van der Waals surface area (Å²) in [6, 6.07) is 0. The van der Waals surface area contributed by atoms with E-state index < -0.39 is 11.2 Å². The van der Waals surface area contributed by atoms with Crippen molar-refractivity contribution in [1.29, 1.82) is 0 Å². The summed E-state index contributed by atoms with van der Waals surface area (Å²) in [7, 11) is 0. The molecule has 0 radical (unpaired) electrons. The minimum Gasteiger partial charge on any atom is -0.386 e. The van der Waals surface area contributed by atoms with Crippen molar-refractivity contribution in [2.75, 3.05) is 0 Å². The molecule has 2 heteroatoms. The highest BCUT2D eigenvalue weighted by molar-refractivity contribution is 5.23. The van der Waals surface area contributed by atoms with Crippen molar-refractivity contribution in [2.24, 2.45) is 23.7 Å². The quantitative estimate of drug-likeness (QED) is 0.220. The molecule has 0 saturated carbocycles. The number of aliphatic hydroxyl groups is 2. The van der Waals surface area contributed by atoms with E-state index in [-0.39, 0.29) is 0 Å². The monoisotopic (exact) mass is 448 g/mol. The zero-order valence-corrected chi connectivity index (χ0v) is 22.8. The molecule has 0 aromatic heterocycles. The molecule has 0 spiro atoms. The van der Waals surface area contributed by atoms with Crippen LogP contribution in [0, 0.1) is 35.5 Å². The molecular formula is C30H56O2. The Hall–Kier alpha value is -0.780. The summed E-state index contributed by atoms with van der Waals surface area (Å²) in [6.07, 6.45) is 17.1. The Balaban J connectivity index is 4.20. The first kappa shape index (κ1) is 31.2. The minimum absolute atomic E-state index is 0.702. The number of allylic oxidation sites excluding steroid dienone is 1. The van der Waals surface area contributed by atoms with Crippen molar-refractivity contribution >= 4 is 0 Å². The van der Waals surface area contributed by atoms with E-state index in [0.717, 1.165) is 43.4 Å². The van der Waals surface area contributed by atoms with Crippen LogP contribution in [0.2, 0.25) is 0 Å². The van der Waals surface area contributed by atoms with Crippen molar-refractivity contribution in [2.45, 2.75) is 144 Å². The van der Waals surface area contributed by atoms with Crippen LogP contribution in [0.15, 0.2) is 12.2 Å². The zero-order chi connectivity index (χ0) is 24.6. The molecule has 32 heavy (non-hydrogen) atoms. The molecular weight excluding hydrogens is 392 g/mol.